The van der Waals surface area contributed by atoms with E-state index >= 15 is 0 Å². The summed E-state index contributed by atoms with van der Waals surface area (Å²) in [6.07, 6.45) is 0.123. The van der Waals surface area contributed by atoms with Crippen molar-refractivity contribution in [3.8, 4) is 11.4 Å². The molecule has 0 saturated heterocycles. The number of carbonyl (C=O) groups excluding carboxylic acids is 2. The molecule has 0 aliphatic carbocycles. The van der Waals surface area contributed by atoms with Crippen molar-refractivity contribution in [1.29, 1.82) is 0 Å². The average molecular weight is 454 g/mol. The molecular formula is C28H27N3O3. The molecule has 1 aromatic heterocycles. The monoisotopic (exact) mass is 453 g/mol. The van der Waals surface area contributed by atoms with E-state index in [1.807, 2.05) is 80.1 Å². The minimum absolute atomic E-state index is 0.105. The van der Waals surface area contributed by atoms with Crippen molar-refractivity contribution >= 4 is 17.6 Å². The van der Waals surface area contributed by atoms with Gasteiger partial charge in [0.2, 0.25) is 0 Å². The van der Waals surface area contributed by atoms with Gasteiger partial charge in [-0.25, -0.2) is 4.68 Å². The molecule has 4 aromatic rings. The fraction of sp³-hybridized carbons (Fsp3) is 0.179. The van der Waals surface area contributed by atoms with E-state index in [4.69, 9.17) is 4.74 Å². The lowest BCUT2D eigenvalue weighted by Crippen LogP contribution is -2.26. The van der Waals surface area contributed by atoms with E-state index in [0.29, 0.717) is 17.0 Å². The first-order valence-electron chi connectivity index (χ1n) is 11.1. The number of rotatable bonds is 6. The number of esters is 1. The number of carbonyl (C=O) groups is 2. The van der Waals surface area contributed by atoms with E-state index in [-0.39, 0.29) is 18.3 Å². The Kier molecular flexibility index (Phi) is 6.59. The summed E-state index contributed by atoms with van der Waals surface area (Å²) in [4.78, 5) is 26.9. The molecule has 1 amide bonds. The number of ether oxygens (including phenoxy) is 1. The quantitative estimate of drug-likeness (QED) is 0.297. The van der Waals surface area contributed by atoms with E-state index in [0.717, 1.165) is 28.2 Å². The number of amides is 1. The zero-order chi connectivity index (χ0) is 24.2. The van der Waals surface area contributed by atoms with Crippen LogP contribution in [0.5, 0.6) is 5.75 Å². The number of hydrogen-bond acceptors (Lipinski definition) is 4. The molecule has 4 rings (SSSR count). The molecule has 6 nitrogen and oxygen atoms in total. The van der Waals surface area contributed by atoms with Gasteiger partial charge in [-0.1, -0.05) is 35.9 Å². The van der Waals surface area contributed by atoms with Gasteiger partial charge in [-0.3, -0.25) is 9.59 Å². The lowest BCUT2D eigenvalue weighted by Gasteiger charge is -2.18. The summed E-state index contributed by atoms with van der Waals surface area (Å²) in [6.45, 7) is 5.83. The van der Waals surface area contributed by atoms with Crippen LogP contribution in [0, 0.1) is 20.8 Å². The zero-order valence-electron chi connectivity index (χ0n) is 19.8. The lowest BCUT2D eigenvalue weighted by atomic mass is 10.1. The van der Waals surface area contributed by atoms with Crippen molar-refractivity contribution in [3.05, 3.63) is 107 Å². The first kappa shape index (κ1) is 23.0. The van der Waals surface area contributed by atoms with Crippen molar-refractivity contribution in [2.45, 2.75) is 27.2 Å². The second-order valence-corrected chi connectivity index (χ2v) is 8.27. The first-order valence-corrected chi connectivity index (χ1v) is 11.1. The minimum Gasteiger partial charge on any atom is -0.426 e. The van der Waals surface area contributed by atoms with E-state index < -0.39 is 0 Å². The second kappa shape index (κ2) is 9.75. The molecule has 0 fully saturated rings. The molecule has 0 saturated carbocycles. The molecule has 0 bridgehead atoms. The van der Waals surface area contributed by atoms with Gasteiger partial charge < -0.3 is 9.64 Å². The highest BCUT2D eigenvalue weighted by Crippen LogP contribution is 2.22. The van der Waals surface area contributed by atoms with E-state index in [2.05, 4.69) is 5.10 Å². The van der Waals surface area contributed by atoms with Crippen LogP contribution in [0.4, 0.5) is 5.69 Å². The number of para-hydroxylation sites is 1. The highest BCUT2D eigenvalue weighted by molar-refractivity contribution is 6.05. The Hall–Kier alpha value is -4.19. The van der Waals surface area contributed by atoms with Crippen LogP contribution in [-0.4, -0.2) is 28.7 Å². The minimum atomic E-state index is -0.365. The largest absolute Gasteiger partial charge is 0.426 e. The molecule has 172 valence electrons. The summed E-state index contributed by atoms with van der Waals surface area (Å²) in [5.74, 6) is -0.0440. The van der Waals surface area contributed by atoms with Crippen molar-refractivity contribution in [2.75, 3.05) is 11.9 Å². The highest BCUT2D eigenvalue weighted by atomic mass is 16.5. The predicted octanol–water partition coefficient (Wildman–Crippen LogP) is 5.22. The van der Waals surface area contributed by atoms with Crippen LogP contribution in [-0.2, 0) is 11.2 Å². The van der Waals surface area contributed by atoms with Crippen LogP contribution in [0.15, 0.2) is 78.9 Å². The molecule has 0 aliphatic rings. The van der Waals surface area contributed by atoms with Gasteiger partial charge in [0.15, 0.2) is 0 Å². The number of benzene rings is 3. The number of aromatic nitrogens is 2. The Bertz CT molecular complexity index is 1310. The molecule has 0 radical (unpaired) electrons. The molecule has 3 aromatic carbocycles. The van der Waals surface area contributed by atoms with E-state index in [1.54, 1.807) is 36.2 Å². The maximum atomic E-state index is 12.7. The second-order valence-electron chi connectivity index (χ2n) is 8.27. The van der Waals surface area contributed by atoms with Gasteiger partial charge in [-0.05, 0) is 69.3 Å². The van der Waals surface area contributed by atoms with Gasteiger partial charge in [0.25, 0.3) is 5.91 Å². The molecule has 34 heavy (non-hydrogen) atoms. The van der Waals surface area contributed by atoms with Crippen LogP contribution in [0.25, 0.3) is 5.69 Å². The Morgan fingerprint density at radius 3 is 2.18 bits per heavy atom. The van der Waals surface area contributed by atoms with Gasteiger partial charge in [0, 0.05) is 29.6 Å². The first-order chi connectivity index (χ1) is 16.3. The van der Waals surface area contributed by atoms with Crippen molar-refractivity contribution in [2.24, 2.45) is 0 Å². The van der Waals surface area contributed by atoms with Crippen molar-refractivity contribution < 1.29 is 14.3 Å². The standard InChI is InChI=1S/C28H27N3O3/c1-19-10-12-22(13-11-19)28(33)30(4)23-14-16-25(17-15-23)34-27(32)18-26-20(2)29-31(21(26)3)24-8-6-5-7-9-24/h5-17H,18H2,1-4H3. The maximum absolute atomic E-state index is 12.7. The van der Waals surface area contributed by atoms with Gasteiger partial charge in [-0.15, -0.1) is 0 Å². The molecule has 0 aliphatic heterocycles. The van der Waals surface area contributed by atoms with Crippen LogP contribution in [0.3, 0.4) is 0 Å². The van der Waals surface area contributed by atoms with Crippen molar-refractivity contribution in [3.63, 3.8) is 0 Å². The van der Waals surface area contributed by atoms with Gasteiger partial charge in [0.05, 0.1) is 17.8 Å². The Balaban J connectivity index is 1.42. The summed E-state index contributed by atoms with van der Waals surface area (Å²) in [5, 5.41) is 4.59. The summed E-state index contributed by atoms with van der Waals surface area (Å²) in [7, 11) is 1.72. The fourth-order valence-electron chi connectivity index (χ4n) is 3.81. The van der Waals surface area contributed by atoms with Crippen LogP contribution in [0.1, 0.15) is 32.9 Å². The van der Waals surface area contributed by atoms with E-state index in [9.17, 15) is 9.59 Å². The van der Waals surface area contributed by atoms with Crippen LogP contribution >= 0.6 is 0 Å². The molecule has 0 atom stereocenters. The molecule has 1 heterocycles. The fourth-order valence-corrected chi connectivity index (χ4v) is 3.81. The third-order valence-electron chi connectivity index (χ3n) is 5.82. The maximum Gasteiger partial charge on any atom is 0.315 e. The number of nitrogens with zero attached hydrogens (tertiary/aromatic N) is 3. The molecule has 0 spiro atoms. The Labute approximate surface area is 199 Å². The Morgan fingerprint density at radius 1 is 0.882 bits per heavy atom. The normalized spacial score (nSPS) is 10.7. The molecule has 0 unspecified atom stereocenters. The number of aryl methyl sites for hydroxylation is 2. The molecule has 6 heteroatoms. The Morgan fingerprint density at radius 2 is 1.53 bits per heavy atom. The van der Waals surface area contributed by atoms with Crippen molar-refractivity contribution in [1.82, 2.24) is 9.78 Å². The third kappa shape index (κ3) is 4.91. The summed E-state index contributed by atoms with van der Waals surface area (Å²) < 4.78 is 7.40. The average Bonchev–Trinajstić information content (AvgIpc) is 3.13. The number of anilines is 1. The van der Waals surface area contributed by atoms with E-state index in [1.165, 1.54) is 0 Å². The van der Waals surface area contributed by atoms with Gasteiger partial charge in [-0.2, -0.15) is 5.10 Å². The summed E-state index contributed by atoms with van der Waals surface area (Å²) in [5.41, 5.74) is 5.93. The SMILES string of the molecule is Cc1ccc(C(=O)N(C)c2ccc(OC(=O)Cc3c(C)nn(-c4ccccc4)c3C)cc2)cc1. The van der Waals surface area contributed by atoms with Gasteiger partial charge in [0.1, 0.15) is 5.75 Å². The highest BCUT2D eigenvalue weighted by Gasteiger charge is 2.18. The number of hydrogen-bond donors (Lipinski definition) is 0. The van der Waals surface area contributed by atoms with Crippen LogP contribution < -0.4 is 9.64 Å². The topological polar surface area (TPSA) is 64.4 Å². The molecule has 0 N–H and O–H groups in total. The van der Waals surface area contributed by atoms with Crippen LogP contribution in [0.2, 0.25) is 0 Å². The summed E-state index contributed by atoms with van der Waals surface area (Å²) in [6, 6.07) is 24.2. The smallest absolute Gasteiger partial charge is 0.315 e. The molecular weight excluding hydrogens is 426 g/mol. The summed E-state index contributed by atoms with van der Waals surface area (Å²) >= 11 is 0. The van der Waals surface area contributed by atoms with Gasteiger partial charge >= 0.3 is 5.97 Å². The third-order valence-corrected chi connectivity index (χ3v) is 5.82. The zero-order valence-corrected chi connectivity index (χ0v) is 19.8. The lowest BCUT2D eigenvalue weighted by molar-refractivity contribution is -0.133. The predicted molar refractivity (Wildman–Crippen MR) is 133 cm³/mol.